The molecule has 0 spiro atoms. The summed E-state index contributed by atoms with van der Waals surface area (Å²) in [4.78, 5) is 1.56. The smallest absolute Gasteiger partial charge is 0.0105 e. The van der Waals surface area contributed by atoms with Gasteiger partial charge in [-0.15, -0.1) is 11.3 Å². The minimum absolute atomic E-state index is 0.679. The Bertz CT molecular complexity index is 198. The van der Waals surface area contributed by atoms with Gasteiger partial charge in [0, 0.05) is 4.88 Å². The molecule has 0 aliphatic rings. The van der Waals surface area contributed by atoms with E-state index in [1.54, 1.807) is 4.88 Å². The van der Waals surface area contributed by atoms with Crippen molar-refractivity contribution in [3.8, 4) is 0 Å². The largest absolute Gasteiger partial charge is 0.148 e. The van der Waals surface area contributed by atoms with Gasteiger partial charge in [0.05, 0.1) is 0 Å². The number of thiophene rings is 1. The second kappa shape index (κ2) is 6.20. The van der Waals surface area contributed by atoms with Gasteiger partial charge in [0.25, 0.3) is 0 Å². The van der Waals surface area contributed by atoms with Gasteiger partial charge in [0.15, 0.2) is 0 Å². The van der Waals surface area contributed by atoms with Crippen molar-refractivity contribution in [2.75, 3.05) is 0 Å². The van der Waals surface area contributed by atoms with Gasteiger partial charge in [-0.05, 0) is 28.8 Å². The van der Waals surface area contributed by atoms with Crippen molar-refractivity contribution in [2.24, 2.45) is 0 Å². The van der Waals surface area contributed by atoms with Gasteiger partial charge < -0.3 is 0 Å². The first-order valence-corrected chi connectivity index (χ1v) is 6.08. The molecular formula is C12H22S. The third-order valence-corrected chi connectivity index (χ3v) is 3.11. The Morgan fingerprint density at radius 3 is 1.85 bits per heavy atom. The molecule has 0 bridgehead atoms. The zero-order valence-electron chi connectivity index (χ0n) is 9.72. The first kappa shape index (κ1) is 12.7. The molecule has 0 nitrogen and oxygen atoms in total. The Balaban J connectivity index is 0.000000671. The fraction of sp³-hybridized carbons (Fsp3) is 0.667. The molecule has 1 heterocycles. The zero-order valence-corrected chi connectivity index (χ0v) is 10.5. The molecule has 1 rings (SSSR count). The molecule has 1 aromatic heterocycles. The highest BCUT2D eigenvalue weighted by molar-refractivity contribution is 7.10. The van der Waals surface area contributed by atoms with Gasteiger partial charge in [0.2, 0.25) is 0 Å². The number of rotatable bonds is 2. The molecule has 76 valence electrons. The van der Waals surface area contributed by atoms with Crippen molar-refractivity contribution in [2.45, 2.75) is 53.4 Å². The molecule has 0 amide bonds. The van der Waals surface area contributed by atoms with Crippen molar-refractivity contribution in [1.29, 1.82) is 0 Å². The summed E-state index contributed by atoms with van der Waals surface area (Å²) in [5.41, 5.74) is 1.53. The van der Waals surface area contributed by atoms with Crippen molar-refractivity contribution < 1.29 is 0 Å². The van der Waals surface area contributed by atoms with Crippen LogP contribution in [0.15, 0.2) is 11.4 Å². The van der Waals surface area contributed by atoms with E-state index in [0.717, 1.165) is 0 Å². The van der Waals surface area contributed by atoms with Crippen LogP contribution >= 0.6 is 11.3 Å². The predicted molar refractivity (Wildman–Crippen MR) is 63.8 cm³/mol. The maximum Gasteiger partial charge on any atom is 0.0105 e. The molecule has 0 aliphatic heterocycles. The highest BCUT2D eigenvalue weighted by atomic mass is 32.1. The van der Waals surface area contributed by atoms with Crippen LogP contribution in [0.2, 0.25) is 0 Å². The quantitative estimate of drug-likeness (QED) is 0.626. The standard InChI is InChI=1S/C10H16S.C2H6/c1-7(2)9-5-6-11-10(9)8(3)4;1-2/h5-8H,1-4H3;1-2H3. The summed E-state index contributed by atoms with van der Waals surface area (Å²) < 4.78 is 0. The average molecular weight is 198 g/mol. The Kier molecular flexibility index (Phi) is 6.06. The monoisotopic (exact) mass is 198 g/mol. The first-order chi connectivity index (χ1) is 6.13. The van der Waals surface area contributed by atoms with E-state index in [0.29, 0.717) is 11.8 Å². The normalized spacial score (nSPS) is 10.2. The third kappa shape index (κ3) is 3.51. The maximum atomic E-state index is 2.26. The summed E-state index contributed by atoms with van der Waals surface area (Å²) in [6.07, 6.45) is 0. The highest BCUT2D eigenvalue weighted by Gasteiger charge is 2.09. The molecule has 13 heavy (non-hydrogen) atoms. The van der Waals surface area contributed by atoms with Gasteiger partial charge in [-0.3, -0.25) is 0 Å². The number of hydrogen-bond donors (Lipinski definition) is 0. The number of hydrogen-bond acceptors (Lipinski definition) is 1. The van der Waals surface area contributed by atoms with Crippen LogP contribution in [-0.2, 0) is 0 Å². The molecule has 0 N–H and O–H groups in total. The van der Waals surface area contributed by atoms with E-state index in [1.165, 1.54) is 5.56 Å². The predicted octanol–water partition coefficient (Wildman–Crippen LogP) is 5.02. The second-order valence-corrected chi connectivity index (χ2v) is 4.50. The summed E-state index contributed by atoms with van der Waals surface area (Å²) in [6.45, 7) is 13.0. The molecule has 0 saturated carbocycles. The molecule has 0 saturated heterocycles. The summed E-state index contributed by atoms with van der Waals surface area (Å²) in [7, 11) is 0. The minimum atomic E-state index is 0.679. The molecule has 0 fully saturated rings. The van der Waals surface area contributed by atoms with Crippen molar-refractivity contribution >= 4 is 11.3 Å². The lowest BCUT2D eigenvalue weighted by Crippen LogP contribution is -1.91. The Morgan fingerprint density at radius 1 is 1.00 bits per heavy atom. The van der Waals surface area contributed by atoms with E-state index in [-0.39, 0.29) is 0 Å². The Hall–Kier alpha value is -0.300. The molecule has 0 aliphatic carbocycles. The Labute approximate surface area is 87.0 Å². The summed E-state index contributed by atoms with van der Waals surface area (Å²) >= 11 is 1.89. The summed E-state index contributed by atoms with van der Waals surface area (Å²) in [5.74, 6) is 1.37. The van der Waals surface area contributed by atoms with Gasteiger partial charge in [0.1, 0.15) is 0 Å². The van der Waals surface area contributed by atoms with Crippen LogP contribution in [0.4, 0.5) is 0 Å². The zero-order chi connectivity index (χ0) is 10.4. The summed E-state index contributed by atoms with van der Waals surface area (Å²) in [5, 5.41) is 2.20. The minimum Gasteiger partial charge on any atom is -0.148 e. The van der Waals surface area contributed by atoms with E-state index in [4.69, 9.17) is 0 Å². The van der Waals surface area contributed by atoms with E-state index in [2.05, 4.69) is 39.1 Å². The molecule has 1 heteroatoms. The molecule has 0 atom stereocenters. The van der Waals surface area contributed by atoms with Crippen molar-refractivity contribution in [3.05, 3.63) is 21.9 Å². The van der Waals surface area contributed by atoms with Crippen LogP contribution < -0.4 is 0 Å². The summed E-state index contributed by atoms with van der Waals surface area (Å²) in [6, 6.07) is 2.25. The maximum absolute atomic E-state index is 2.26. The lowest BCUT2D eigenvalue weighted by Gasteiger charge is -2.08. The molecular weight excluding hydrogens is 176 g/mol. The molecule has 1 aromatic rings. The van der Waals surface area contributed by atoms with Crippen LogP contribution in [-0.4, -0.2) is 0 Å². The second-order valence-electron chi connectivity index (χ2n) is 3.55. The van der Waals surface area contributed by atoms with Crippen LogP contribution in [0, 0.1) is 0 Å². The topological polar surface area (TPSA) is 0 Å². The van der Waals surface area contributed by atoms with Crippen LogP contribution in [0.5, 0.6) is 0 Å². The van der Waals surface area contributed by atoms with Gasteiger partial charge in [-0.25, -0.2) is 0 Å². The van der Waals surface area contributed by atoms with Crippen molar-refractivity contribution in [3.63, 3.8) is 0 Å². The third-order valence-electron chi connectivity index (χ3n) is 1.87. The Morgan fingerprint density at radius 2 is 1.54 bits per heavy atom. The van der Waals surface area contributed by atoms with Gasteiger partial charge in [-0.2, -0.15) is 0 Å². The van der Waals surface area contributed by atoms with Crippen LogP contribution in [0.1, 0.15) is 63.8 Å². The fourth-order valence-electron chi connectivity index (χ4n) is 1.28. The van der Waals surface area contributed by atoms with Crippen molar-refractivity contribution in [1.82, 2.24) is 0 Å². The average Bonchev–Trinajstić information content (AvgIpc) is 2.55. The lowest BCUT2D eigenvalue weighted by molar-refractivity contribution is 0.810. The van der Waals surface area contributed by atoms with Crippen LogP contribution in [0.3, 0.4) is 0 Å². The molecule has 0 radical (unpaired) electrons. The van der Waals surface area contributed by atoms with Gasteiger partial charge >= 0.3 is 0 Å². The lowest BCUT2D eigenvalue weighted by atomic mass is 9.99. The molecule has 0 unspecified atom stereocenters. The fourth-order valence-corrected chi connectivity index (χ4v) is 2.35. The molecule has 0 aromatic carbocycles. The van der Waals surface area contributed by atoms with E-state index < -0.39 is 0 Å². The van der Waals surface area contributed by atoms with E-state index in [9.17, 15) is 0 Å². The van der Waals surface area contributed by atoms with E-state index >= 15 is 0 Å². The van der Waals surface area contributed by atoms with Gasteiger partial charge in [-0.1, -0.05) is 41.5 Å². The van der Waals surface area contributed by atoms with E-state index in [1.807, 2.05) is 25.2 Å². The SMILES string of the molecule is CC.CC(C)c1ccsc1C(C)C. The van der Waals surface area contributed by atoms with Crippen LogP contribution in [0.25, 0.3) is 0 Å². The first-order valence-electron chi connectivity index (χ1n) is 5.20. The highest BCUT2D eigenvalue weighted by Crippen LogP contribution is 2.30.